The smallest absolute Gasteiger partial charge is 0.216 e. The highest BCUT2D eigenvalue weighted by Crippen LogP contribution is 2.40. The van der Waals surface area contributed by atoms with E-state index in [2.05, 4.69) is 72.2 Å². The fraction of sp³-hybridized carbons (Fsp3) is 0.297. The molecule has 1 aliphatic carbocycles. The van der Waals surface area contributed by atoms with E-state index in [1.54, 1.807) is 0 Å². The quantitative estimate of drug-likeness (QED) is 0.180. The summed E-state index contributed by atoms with van der Waals surface area (Å²) in [4.78, 5) is 11.3. The van der Waals surface area contributed by atoms with Gasteiger partial charge in [0.1, 0.15) is 18.1 Å². The van der Waals surface area contributed by atoms with Crippen LogP contribution < -0.4 is 20.1 Å². The minimum atomic E-state index is -0.0294. The second kappa shape index (κ2) is 14.5. The number of ether oxygens (including phenoxy) is 2. The van der Waals surface area contributed by atoms with Crippen LogP contribution in [0.4, 0.5) is 0 Å². The number of nitriles is 1. The van der Waals surface area contributed by atoms with Crippen LogP contribution in [0.1, 0.15) is 52.3 Å². The van der Waals surface area contributed by atoms with Crippen molar-refractivity contribution >= 4 is 5.91 Å². The molecule has 0 bridgehead atoms. The van der Waals surface area contributed by atoms with Crippen molar-refractivity contribution in [1.82, 2.24) is 10.6 Å². The Morgan fingerprint density at radius 2 is 1.72 bits per heavy atom. The first-order chi connectivity index (χ1) is 21.0. The molecule has 0 spiro atoms. The number of hydrogen-bond donors (Lipinski definition) is 2. The Labute approximate surface area is 254 Å². The van der Waals surface area contributed by atoms with E-state index >= 15 is 0 Å². The predicted molar refractivity (Wildman–Crippen MR) is 170 cm³/mol. The summed E-state index contributed by atoms with van der Waals surface area (Å²) in [6.45, 7) is 6.56. The Morgan fingerprint density at radius 1 is 0.907 bits per heavy atom. The molecule has 0 radical (unpaired) electrons. The van der Waals surface area contributed by atoms with Crippen molar-refractivity contribution in [3.63, 3.8) is 0 Å². The molecule has 1 amide bonds. The maximum absolute atomic E-state index is 11.3. The van der Waals surface area contributed by atoms with Crippen LogP contribution in [0, 0.1) is 18.3 Å². The molecule has 0 heterocycles. The van der Waals surface area contributed by atoms with Crippen LogP contribution in [0.5, 0.6) is 11.5 Å². The van der Waals surface area contributed by atoms with Gasteiger partial charge in [0.2, 0.25) is 5.91 Å². The lowest BCUT2D eigenvalue weighted by Crippen LogP contribution is -2.30. The number of fused-ring (bicyclic) bond motifs is 1. The first-order valence-electron chi connectivity index (χ1n) is 15.0. The first kappa shape index (κ1) is 29.9. The van der Waals surface area contributed by atoms with Crippen LogP contribution >= 0.6 is 0 Å². The van der Waals surface area contributed by atoms with Gasteiger partial charge in [0.15, 0.2) is 0 Å². The van der Waals surface area contributed by atoms with Gasteiger partial charge in [0.25, 0.3) is 0 Å². The Balaban J connectivity index is 1.37. The summed E-state index contributed by atoms with van der Waals surface area (Å²) >= 11 is 0. The minimum absolute atomic E-state index is 0.0294. The molecule has 43 heavy (non-hydrogen) atoms. The number of carbonyl (C=O) groups excluding carboxylic acids is 1. The average molecular weight is 574 g/mol. The van der Waals surface area contributed by atoms with Gasteiger partial charge in [-0.3, -0.25) is 4.79 Å². The molecule has 6 heteroatoms. The third-order valence-electron chi connectivity index (χ3n) is 8.03. The summed E-state index contributed by atoms with van der Waals surface area (Å²) in [5.74, 6) is 1.69. The average Bonchev–Trinajstić information content (AvgIpc) is 3.52. The van der Waals surface area contributed by atoms with Gasteiger partial charge in [0.05, 0.1) is 18.2 Å². The van der Waals surface area contributed by atoms with Crippen molar-refractivity contribution in [2.45, 2.75) is 52.7 Å². The summed E-state index contributed by atoms with van der Waals surface area (Å²) in [6, 6.07) is 28.8. The van der Waals surface area contributed by atoms with Gasteiger partial charge in [-0.1, -0.05) is 60.7 Å². The third-order valence-corrected chi connectivity index (χ3v) is 8.03. The molecule has 6 nitrogen and oxygen atoms in total. The van der Waals surface area contributed by atoms with Gasteiger partial charge < -0.3 is 20.1 Å². The monoisotopic (exact) mass is 573 g/mol. The van der Waals surface area contributed by atoms with Crippen LogP contribution in [0.15, 0.2) is 78.9 Å². The molecule has 1 aliphatic rings. The highest BCUT2D eigenvalue weighted by Gasteiger charge is 2.24. The van der Waals surface area contributed by atoms with Crippen molar-refractivity contribution in [3.05, 3.63) is 118 Å². The van der Waals surface area contributed by atoms with E-state index < -0.39 is 0 Å². The summed E-state index contributed by atoms with van der Waals surface area (Å²) in [6.07, 6.45) is 3.74. The maximum Gasteiger partial charge on any atom is 0.216 e. The van der Waals surface area contributed by atoms with E-state index in [9.17, 15) is 10.1 Å². The van der Waals surface area contributed by atoms with Crippen molar-refractivity contribution in [2.75, 3.05) is 19.7 Å². The molecule has 0 aromatic heterocycles. The number of rotatable bonds is 13. The summed E-state index contributed by atoms with van der Waals surface area (Å²) in [5, 5.41) is 15.6. The van der Waals surface area contributed by atoms with Gasteiger partial charge in [-0.2, -0.15) is 5.26 Å². The lowest BCUT2D eigenvalue weighted by molar-refractivity contribution is -0.118. The van der Waals surface area contributed by atoms with E-state index in [1.165, 1.54) is 34.7 Å². The molecule has 4 aromatic rings. The SMILES string of the molecule is CC(=O)NCCNCc1c(OCCc2cccc(C#N)c2)cc(OCc2cccc(-c3ccccc3)c2C)c2c1CCC2. The molecule has 0 atom stereocenters. The molecular weight excluding hydrogens is 534 g/mol. The van der Waals surface area contributed by atoms with Gasteiger partial charge in [-0.25, -0.2) is 0 Å². The predicted octanol–water partition coefficient (Wildman–Crippen LogP) is 6.45. The van der Waals surface area contributed by atoms with Crippen LogP contribution in [0.2, 0.25) is 0 Å². The zero-order valence-corrected chi connectivity index (χ0v) is 25.0. The van der Waals surface area contributed by atoms with Gasteiger partial charge in [0, 0.05) is 44.6 Å². The standard InChI is InChI=1S/C37H39N3O3/c1-26-31(13-7-14-32(26)30-11-4-3-5-12-30)25-43-36-22-37(42-20-17-28-9-6-10-29(21-28)23-38)35(33-15-8-16-34(33)36)24-39-18-19-40-27(2)41/h3-7,9-14,21-22,39H,8,15-20,24-25H2,1-2H3,(H,40,41). The van der Waals surface area contributed by atoms with Gasteiger partial charge >= 0.3 is 0 Å². The van der Waals surface area contributed by atoms with Gasteiger partial charge in [-0.15, -0.1) is 0 Å². The maximum atomic E-state index is 11.3. The zero-order chi connectivity index (χ0) is 30.0. The van der Waals surface area contributed by atoms with E-state index in [1.807, 2.05) is 30.3 Å². The summed E-state index contributed by atoms with van der Waals surface area (Å²) in [5.41, 5.74) is 10.3. The number of amides is 1. The molecule has 0 saturated carbocycles. The largest absolute Gasteiger partial charge is 0.493 e. The Kier molecular flexibility index (Phi) is 10.1. The Hall–Kier alpha value is -4.60. The van der Waals surface area contributed by atoms with E-state index in [-0.39, 0.29) is 5.91 Å². The third kappa shape index (κ3) is 7.63. The van der Waals surface area contributed by atoms with Crippen molar-refractivity contribution in [1.29, 1.82) is 5.26 Å². The normalized spacial score (nSPS) is 11.9. The van der Waals surface area contributed by atoms with E-state index in [4.69, 9.17) is 9.47 Å². The van der Waals surface area contributed by atoms with E-state index in [0.29, 0.717) is 44.8 Å². The second-order valence-corrected chi connectivity index (χ2v) is 11.0. The molecule has 0 fully saturated rings. The topological polar surface area (TPSA) is 83.4 Å². The fourth-order valence-electron chi connectivity index (χ4n) is 5.78. The molecule has 220 valence electrons. The molecule has 2 N–H and O–H groups in total. The minimum Gasteiger partial charge on any atom is -0.493 e. The van der Waals surface area contributed by atoms with E-state index in [0.717, 1.165) is 47.5 Å². The number of nitrogens with zero attached hydrogens (tertiary/aromatic N) is 1. The summed E-state index contributed by atoms with van der Waals surface area (Å²) < 4.78 is 13.0. The molecule has 0 unspecified atom stereocenters. The molecular formula is C37H39N3O3. The van der Waals surface area contributed by atoms with Crippen molar-refractivity contribution in [2.24, 2.45) is 0 Å². The lowest BCUT2D eigenvalue weighted by Gasteiger charge is -2.20. The van der Waals surface area contributed by atoms with Crippen LogP contribution in [-0.2, 0) is 37.2 Å². The van der Waals surface area contributed by atoms with Crippen LogP contribution in [0.3, 0.4) is 0 Å². The Morgan fingerprint density at radius 3 is 2.53 bits per heavy atom. The van der Waals surface area contributed by atoms with Crippen LogP contribution in [0.25, 0.3) is 11.1 Å². The number of carbonyl (C=O) groups is 1. The lowest BCUT2D eigenvalue weighted by atomic mass is 9.97. The van der Waals surface area contributed by atoms with Crippen molar-refractivity contribution in [3.8, 4) is 28.7 Å². The fourth-order valence-corrected chi connectivity index (χ4v) is 5.78. The highest BCUT2D eigenvalue weighted by molar-refractivity contribution is 5.72. The molecule has 5 rings (SSSR count). The van der Waals surface area contributed by atoms with Gasteiger partial charge in [-0.05, 0) is 77.3 Å². The Bertz CT molecular complexity index is 1610. The summed E-state index contributed by atoms with van der Waals surface area (Å²) in [7, 11) is 0. The van der Waals surface area contributed by atoms with Crippen molar-refractivity contribution < 1.29 is 14.3 Å². The second-order valence-electron chi connectivity index (χ2n) is 11.0. The van der Waals surface area contributed by atoms with Crippen LogP contribution in [-0.4, -0.2) is 25.6 Å². The number of hydrogen-bond acceptors (Lipinski definition) is 5. The first-order valence-corrected chi connectivity index (χ1v) is 15.0. The zero-order valence-electron chi connectivity index (χ0n) is 25.0. The highest BCUT2D eigenvalue weighted by atomic mass is 16.5. The number of benzene rings is 4. The molecule has 0 saturated heterocycles. The molecule has 0 aliphatic heterocycles. The molecule has 4 aromatic carbocycles. The number of nitrogens with one attached hydrogen (secondary N) is 2.